The second-order valence-electron chi connectivity index (χ2n) is 4.82. The van der Waals surface area contributed by atoms with Crippen molar-refractivity contribution in [2.75, 3.05) is 13.7 Å². The lowest BCUT2D eigenvalue weighted by Gasteiger charge is -2.40. The van der Waals surface area contributed by atoms with Gasteiger partial charge < -0.3 is 4.74 Å². The van der Waals surface area contributed by atoms with Gasteiger partial charge in [-0.25, -0.2) is 13.1 Å². The van der Waals surface area contributed by atoms with Crippen molar-refractivity contribution in [2.45, 2.75) is 29.8 Å². The number of nitrogens with one attached hydrogen (secondary N) is 1. The molecule has 1 aromatic carbocycles. The molecule has 0 heterocycles. The van der Waals surface area contributed by atoms with E-state index in [1.165, 1.54) is 18.2 Å². The summed E-state index contributed by atoms with van der Waals surface area (Å²) in [5.41, 5.74) is -0.137. The molecule has 1 aliphatic carbocycles. The number of benzene rings is 1. The summed E-state index contributed by atoms with van der Waals surface area (Å²) in [5.74, 6) is 0. The maximum atomic E-state index is 12.2. The van der Waals surface area contributed by atoms with Crippen LogP contribution in [0, 0.1) is 11.3 Å². The fourth-order valence-corrected chi connectivity index (χ4v) is 3.52. The Bertz CT molecular complexity index is 643. The topological polar surface area (TPSA) is 79.2 Å². The van der Waals surface area contributed by atoms with E-state index in [-0.39, 0.29) is 27.6 Å². The van der Waals surface area contributed by atoms with E-state index in [1.54, 1.807) is 7.11 Å². The van der Waals surface area contributed by atoms with Crippen molar-refractivity contribution in [2.24, 2.45) is 0 Å². The van der Waals surface area contributed by atoms with Crippen LogP contribution in [0.3, 0.4) is 0 Å². The Kier molecular flexibility index (Phi) is 4.35. The van der Waals surface area contributed by atoms with E-state index in [4.69, 9.17) is 21.6 Å². The second kappa shape index (κ2) is 5.70. The van der Waals surface area contributed by atoms with Gasteiger partial charge in [-0.2, -0.15) is 5.26 Å². The summed E-state index contributed by atoms with van der Waals surface area (Å²) in [4.78, 5) is 0.0482. The first kappa shape index (κ1) is 15.3. The summed E-state index contributed by atoms with van der Waals surface area (Å²) in [6, 6.07) is 5.93. The highest BCUT2D eigenvalue weighted by molar-refractivity contribution is 7.89. The summed E-state index contributed by atoms with van der Waals surface area (Å²) in [5, 5.41) is 8.90. The molecular weight excluding hydrogens is 300 g/mol. The van der Waals surface area contributed by atoms with Crippen molar-refractivity contribution in [3.8, 4) is 6.07 Å². The summed E-state index contributed by atoms with van der Waals surface area (Å²) in [6.45, 7) is 0.240. The van der Waals surface area contributed by atoms with Crippen LogP contribution in [0.15, 0.2) is 23.1 Å². The molecule has 5 nitrogen and oxygen atoms in total. The summed E-state index contributed by atoms with van der Waals surface area (Å²) in [6.07, 6.45) is 2.73. The quantitative estimate of drug-likeness (QED) is 0.902. The monoisotopic (exact) mass is 314 g/mol. The van der Waals surface area contributed by atoms with Gasteiger partial charge in [0.2, 0.25) is 10.0 Å². The maximum Gasteiger partial charge on any atom is 0.240 e. The minimum Gasteiger partial charge on any atom is -0.377 e. The van der Waals surface area contributed by atoms with Crippen molar-refractivity contribution in [1.29, 1.82) is 5.26 Å². The first-order valence-electron chi connectivity index (χ1n) is 6.17. The Balaban J connectivity index is 2.14. The Morgan fingerprint density at radius 3 is 2.65 bits per heavy atom. The zero-order valence-corrected chi connectivity index (χ0v) is 12.6. The van der Waals surface area contributed by atoms with Gasteiger partial charge >= 0.3 is 0 Å². The lowest BCUT2D eigenvalue weighted by Crippen LogP contribution is -2.49. The number of sulfonamides is 1. The number of nitrogens with zero attached hydrogens (tertiary/aromatic N) is 1. The van der Waals surface area contributed by atoms with Gasteiger partial charge in [-0.05, 0) is 37.5 Å². The van der Waals surface area contributed by atoms with E-state index in [2.05, 4.69) is 4.72 Å². The molecule has 1 aliphatic rings. The lowest BCUT2D eigenvalue weighted by atomic mass is 9.80. The fourth-order valence-electron chi connectivity index (χ4n) is 2.09. The van der Waals surface area contributed by atoms with Crippen LogP contribution < -0.4 is 4.72 Å². The number of hydrogen-bond acceptors (Lipinski definition) is 4. The van der Waals surface area contributed by atoms with Crippen LogP contribution >= 0.6 is 11.6 Å². The molecule has 0 radical (unpaired) electrons. The molecule has 1 saturated carbocycles. The predicted molar refractivity (Wildman–Crippen MR) is 74.9 cm³/mol. The predicted octanol–water partition coefficient (Wildman–Crippen LogP) is 2.06. The van der Waals surface area contributed by atoms with Crippen LogP contribution in [0.1, 0.15) is 24.8 Å². The van der Waals surface area contributed by atoms with E-state index < -0.39 is 10.0 Å². The number of ether oxygens (including phenoxy) is 1. The third-order valence-electron chi connectivity index (χ3n) is 3.65. The van der Waals surface area contributed by atoms with Crippen molar-refractivity contribution in [3.63, 3.8) is 0 Å². The normalized spacial score (nSPS) is 17.2. The maximum absolute atomic E-state index is 12.2. The van der Waals surface area contributed by atoms with Crippen molar-refractivity contribution >= 4 is 21.6 Å². The van der Waals surface area contributed by atoms with E-state index in [9.17, 15) is 8.42 Å². The number of halogens is 1. The third-order valence-corrected chi connectivity index (χ3v) is 5.37. The highest BCUT2D eigenvalue weighted by Crippen LogP contribution is 2.34. The van der Waals surface area contributed by atoms with E-state index >= 15 is 0 Å². The smallest absolute Gasteiger partial charge is 0.240 e. The van der Waals surface area contributed by atoms with Crippen LogP contribution in [0.25, 0.3) is 0 Å². The molecule has 1 fully saturated rings. The van der Waals surface area contributed by atoms with Crippen molar-refractivity contribution in [3.05, 3.63) is 28.8 Å². The average molecular weight is 315 g/mol. The van der Waals surface area contributed by atoms with E-state index in [1.807, 2.05) is 6.07 Å². The Labute approximate surface area is 123 Å². The first-order valence-corrected chi connectivity index (χ1v) is 8.03. The van der Waals surface area contributed by atoms with Crippen LogP contribution in [0.4, 0.5) is 0 Å². The van der Waals surface area contributed by atoms with Crippen LogP contribution in [-0.2, 0) is 14.8 Å². The molecule has 7 heteroatoms. The second-order valence-corrected chi connectivity index (χ2v) is 6.99. The number of methoxy groups -OCH3 is 1. The first-order chi connectivity index (χ1) is 9.42. The molecule has 1 N–H and O–H groups in total. The third kappa shape index (κ3) is 2.96. The average Bonchev–Trinajstić information content (AvgIpc) is 2.38. The summed E-state index contributed by atoms with van der Waals surface area (Å²) in [7, 11) is -2.06. The highest BCUT2D eigenvalue weighted by Gasteiger charge is 2.38. The lowest BCUT2D eigenvalue weighted by molar-refractivity contribution is -0.0659. The van der Waals surface area contributed by atoms with Crippen LogP contribution in [0.2, 0.25) is 5.02 Å². The van der Waals surface area contributed by atoms with Crippen LogP contribution in [-0.4, -0.2) is 27.7 Å². The molecule has 0 atom stereocenters. The van der Waals surface area contributed by atoms with Gasteiger partial charge in [0.05, 0.1) is 21.1 Å². The van der Waals surface area contributed by atoms with Gasteiger partial charge in [-0.15, -0.1) is 0 Å². The standard InChI is InChI=1S/C13H15ClN2O3S/c1-19-13(5-2-6-13)9-16-20(17,18)11-4-3-10(8-15)12(14)7-11/h3-4,7,16H,2,5-6,9H2,1H3. The van der Waals surface area contributed by atoms with E-state index in [0.29, 0.717) is 0 Å². The molecule has 2 rings (SSSR count). The number of rotatable bonds is 5. The molecule has 0 unspecified atom stereocenters. The van der Waals surface area contributed by atoms with Gasteiger partial charge in [0.25, 0.3) is 0 Å². The highest BCUT2D eigenvalue weighted by atomic mass is 35.5. The Hall–Kier alpha value is -1.13. The number of nitriles is 1. The van der Waals surface area contributed by atoms with Crippen LogP contribution in [0.5, 0.6) is 0 Å². The minimum absolute atomic E-state index is 0.0482. The molecular formula is C13H15ClN2O3S. The number of hydrogen-bond donors (Lipinski definition) is 1. The molecule has 1 aromatic rings. The Morgan fingerprint density at radius 1 is 1.50 bits per heavy atom. The fraction of sp³-hybridized carbons (Fsp3) is 0.462. The van der Waals surface area contributed by atoms with Gasteiger partial charge in [-0.3, -0.25) is 0 Å². The molecule has 108 valence electrons. The van der Waals surface area contributed by atoms with Gasteiger partial charge in [-0.1, -0.05) is 11.6 Å². The Morgan fingerprint density at radius 2 is 2.20 bits per heavy atom. The molecule has 0 spiro atoms. The van der Waals surface area contributed by atoms with Gasteiger partial charge in [0, 0.05) is 13.7 Å². The zero-order chi connectivity index (χ0) is 14.8. The molecule has 20 heavy (non-hydrogen) atoms. The summed E-state index contributed by atoms with van der Waals surface area (Å²) < 4.78 is 32.3. The van der Waals surface area contributed by atoms with Gasteiger partial charge in [0.1, 0.15) is 6.07 Å². The molecule has 0 bridgehead atoms. The largest absolute Gasteiger partial charge is 0.377 e. The van der Waals surface area contributed by atoms with E-state index in [0.717, 1.165) is 19.3 Å². The molecule has 0 saturated heterocycles. The SMILES string of the molecule is COC1(CNS(=O)(=O)c2ccc(C#N)c(Cl)c2)CCC1. The molecule has 0 aliphatic heterocycles. The molecule has 0 amide bonds. The van der Waals surface area contributed by atoms with Crippen molar-refractivity contribution in [1.82, 2.24) is 4.72 Å². The van der Waals surface area contributed by atoms with Gasteiger partial charge in [0.15, 0.2) is 0 Å². The minimum atomic E-state index is -3.65. The van der Waals surface area contributed by atoms with Crippen molar-refractivity contribution < 1.29 is 13.2 Å². The zero-order valence-electron chi connectivity index (χ0n) is 11.0. The summed E-state index contributed by atoms with van der Waals surface area (Å²) >= 11 is 5.85. The molecule has 0 aromatic heterocycles.